The molecule has 23 heteroatoms. The van der Waals surface area contributed by atoms with E-state index in [9.17, 15) is 0 Å². The summed E-state index contributed by atoms with van der Waals surface area (Å²) in [5.41, 5.74) is 0.546. The molecule has 6 spiro atoms. The minimum Gasteiger partial charge on any atom is -0.490 e. The van der Waals surface area contributed by atoms with Gasteiger partial charge in [-0.3, -0.25) is 0 Å². The predicted molar refractivity (Wildman–Crippen MR) is 279 cm³/mol. The third-order valence-electron chi connectivity index (χ3n) is 16.6. The first-order chi connectivity index (χ1) is 38.0. The third-order valence-corrected chi connectivity index (χ3v) is 16.6. The van der Waals surface area contributed by atoms with Crippen LogP contribution in [-0.2, 0) is 47.4 Å². The quantitative estimate of drug-likeness (QED) is 0.174. The minimum absolute atomic E-state index is 0. The van der Waals surface area contributed by atoms with Gasteiger partial charge in [-0.15, -0.1) is 0 Å². The molecule has 11 aliphatic heterocycles. The summed E-state index contributed by atoms with van der Waals surface area (Å²) in [4.78, 5) is 41.9. The SMILES string of the molecule is CC(C)Oc1ccc(OC(C)C)c2c3nc4nc(nc5[n-]c(nc6nc(nc([n-]3)c12)C1=C6O[C@]2(CCCCO2)[C@@]2(CCCCO2)O1)c1c5O[C@]2(CCCCO2)[C@@]2(CCCCO2)O1)C1=C4O[C@]2(CCCCO2)[C@@]2(CCCCO2)O1.[Mg+2]. The van der Waals surface area contributed by atoms with Crippen molar-refractivity contribution >= 4 is 79.5 Å². The Morgan fingerprint density at radius 1 is 0.367 bits per heavy atom. The molecule has 15 rings (SSSR count). The van der Waals surface area contributed by atoms with E-state index in [1.54, 1.807) is 0 Å². The topological polar surface area (TPSA) is 235 Å². The van der Waals surface area contributed by atoms with E-state index in [2.05, 4.69) is 0 Å². The summed E-state index contributed by atoms with van der Waals surface area (Å²) in [6.45, 7) is 10.5. The molecule has 4 aromatic rings. The summed E-state index contributed by atoms with van der Waals surface area (Å²) in [5, 5.41) is 1.02. The van der Waals surface area contributed by atoms with Crippen LogP contribution in [0.15, 0.2) is 12.1 Å². The summed E-state index contributed by atoms with van der Waals surface area (Å²) >= 11 is 0. The monoisotopic (exact) mass is 1100 g/mol. The van der Waals surface area contributed by atoms with Gasteiger partial charge in [-0.05, 0) is 117 Å². The van der Waals surface area contributed by atoms with Crippen LogP contribution in [0.1, 0.15) is 167 Å². The molecule has 6 atom stereocenters. The van der Waals surface area contributed by atoms with Crippen molar-refractivity contribution < 1.29 is 66.3 Å². The van der Waals surface area contributed by atoms with Gasteiger partial charge in [-0.1, -0.05) is 0 Å². The second-order valence-corrected chi connectivity index (χ2v) is 22.6. The first-order valence-electron chi connectivity index (χ1n) is 28.5. The average molecular weight is 1100 g/mol. The molecule has 0 unspecified atom stereocenters. The van der Waals surface area contributed by atoms with Crippen molar-refractivity contribution in [2.75, 3.05) is 39.6 Å². The molecule has 8 bridgehead atoms. The van der Waals surface area contributed by atoms with E-state index in [1.807, 2.05) is 39.8 Å². The summed E-state index contributed by atoms with van der Waals surface area (Å²) in [6.07, 6.45) is 12.4. The number of nitrogens with zero attached hydrogens (tertiary/aromatic N) is 8. The van der Waals surface area contributed by atoms with Gasteiger partial charge in [0, 0.05) is 60.6 Å². The van der Waals surface area contributed by atoms with Crippen LogP contribution in [0.4, 0.5) is 0 Å². The molecule has 6 saturated heterocycles. The second-order valence-electron chi connectivity index (χ2n) is 22.6. The first kappa shape index (κ1) is 51.8. The van der Waals surface area contributed by atoms with E-state index < -0.39 is 34.7 Å². The van der Waals surface area contributed by atoms with Gasteiger partial charge in [0.05, 0.1) is 63.1 Å². The maximum atomic E-state index is 7.22. The fraction of sp³-hybridized carbons (Fsp3) is 0.643. The van der Waals surface area contributed by atoms with E-state index in [1.165, 1.54) is 0 Å². The van der Waals surface area contributed by atoms with Crippen molar-refractivity contribution in [2.24, 2.45) is 0 Å². The van der Waals surface area contributed by atoms with E-state index >= 15 is 0 Å². The first-order valence-corrected chi connectivity index (χ1v) is 28.5. The molecule has 414 valence electrons. The summed E-state index contributed by atoms with van der Waals surface area (Å²) in [5.74, 6) is -5.56. The van der Waals surface area contributed by atoms with Crippen molar-refractivity contribution in [1.82, 2.24) is 39.9 Å². The van der Waals surface area contributed by atoms with Gasteiger partial charge in [0.25, 0.3) is 34.7 Å². The number of rotatable bonds is 4. The van der Waals surface area contributed by atoms with Gasteiger partial charge in [0.1, 0.15) is 34.8 Å². The van der Waals surface area contributed by atoms with E-state index in [0.29, 0.717) is 100 Å². The largest absolute Gasteiger partial charge is 2.00 e. The molecule has 79 heavy (non-hydrogen) atoms. The van der Waals surface area contributed by atoms with Gasteiger partial charge in [-0.25, -0.2) is 9.97 Å². The Labute approximate surface area is 471 Å². The Balaban J connectivity index is 0.00000564. The van der Waals surface area contributed by atoms with E-state index in [0.717, 1.165) is 77.0 Å². The van der Waals surface area contributed by atoms with Gasteiger partial charge >= 0.3 is 23.1 Å². The smallest absolute Gasteiger partial charge is 0.490 e. The molecular formula is C56H64MgN8O14. The van der Waals surface area contributed by atoms with Gasteiger partial charge in [0.15, 0.2) is 34.5 Å². The van der Waals surface area contributed by atoms with Crippen LogP contribution in [0.3, 0.4) is 0 Å². The zero-order valence-corrected chi connectivity index (χ0v) is 46.7. The van der Waals surface area contributed by atoms with Crippen molar-refractivity contribution in [3.63, 3.8) is 0 Å². The minimum atomic E-state index is -1.34. The Bertz CT molecular complexity index is 3090. The number of aromatic nitrogens is 8. The Hall–Kier alpha value is -5.27. The standard InChI is InChI=1S/C56H64N8O14.Mg/c1-31(2)71-33-17-18-34(72-32(3)4)36-35(33)43-57-44(36)59-46-38-40(76-54(22-8-14-28-68-54)52(74-38)20-6-12-26-66-52)48(61-46)63-50-42-41(77-55(23-9-15-29-69-55)56(78-42)24-10-16-30-70-56)49(64-50)62-47-39-37(45(58-43)60-47)73-51(19-5-11-25-65-51)53(75-39)21-7-13-27-67-53;/h17-18,31-32H,5-16,19-30H2,1-4H3;/q-2;+2/t51-,52-,53-,54-,55-,56-;/m1./s1. The predicted octanol–water partition coefficient (Wildman–Crippen LogP) is 8.40. The second kappa shape index (κ2) is 19.4. The maximum absolute atomic E-state index is 7.22. The molecule has 0 saturated carbocycles. The zero-order valence-electron chi connectivity index (χ0n) is 45.3. The molecule has 14 heterocycles. The number of hydrogen-bond donors (Lipinski definition) is 0. The fourth-order valence-corrected chi connectivity index (χ4v) is 13.1. The third kappa shape index (κ3) is 8.04. The van der Waals surface area contributed by atoms with Crippen LogP contribution in [-0.4, -0.2) is 140 Å². The number of hydrogen-bond acceptors (Lipinski definition) is 20. The molecule has 0 amide bonds. The van der Waals surface area contributed by atoms with Crippen LogP contribution in [0.2, 0.25) is 0 Å². The van der Waals surface area contributed by atoms with Crippen LogP contribution in [0, 0.1) is 0 Å². The van der Waals surface area contributed by atoms with Gasteiger partial charge in [0.2, 0.25) is 0 Å². The van der Waals surface area contributed by atoms with Gasteiger partial charge in [-0.2, -0.15) is 0 Å². The van der Waals surface area contributed by atoms with Crippen LogP contribution >= 0.6 is 0 Å². The molecule has 11 aliphatic rings. The molecular weight excluding hydrogens is 1030 g/mol. The van der Waals surface area contributed by atoms with E-state index in [4.69, 9.17) is 106 Å². The Morgan fingerprint density at radius 3 is 0.899 bits per heavy atom. The number of fused-ring (bicyclic) bond motifs is 21. The van der Waals surface area contributed by atoms with Gasteiger partial charge < -0.3 is 96.2 Å². The molecule has 6 fully saturated rings. The molecule has 0 aliphatic carbocycles. The maximum Gasteiger partial charge on any atom is 2.00 e. The van der Waals surface area contributed by atoms with E-state index in [-0.39, 0.29) is 116 Å². The van der Waals surface area contributed by atoms with Crippen molar-refractivity contribution in [2.45, 2.75) is 190 Å². The van der Waals surface area contributed by atoms with Crippen molar-refractivity contribution in [3.8, 4) is 23.0 Å². The normalized spacial score (nSPS) is 32.0. The fourth-order valence-electron chi connectivity index (χ4n) is 13.1. The molecule has 0 N–H and O–H groups in total. The summed E-state index contributed by atoms with van der Waals surface area (Å²) in [6, 6.07) is 3.71. The average Bonchev–Trinajstić information content (AvgIpc) is 4.39. The molecule has 0 radical (unpaired) electrons. The van der Waals surface area contributed by atoms with Crippen LogP contribution in [0.5, 0.6) is 23.0 Å². The van der Waals surface area contributed by atoms with Crippen LogP contribution in [0.25, 0.3) is 56.4 Å². The van der Waals surface area contributed by atoms with Crippen LogP contribution < -0.4 is 28.9 Å². The summed E-state index contributed by atoms with van der Waals surface area (Å²) in [7, 11) is 0. The molecule has 22 nitrogen and oxygen atoms in total. The number of benzene rings is 1. The molecule has 1 aromatic carbocycles. The zero-order chi connectivity index (χ0) is 52.5. The Morgan fingerprint density at radius 2 is 0.633 bits per heavy atom. The molecule has 3 aromatic heterocycles. The van der Waals surface area contributed by atoms with Crippen molar-refractivity contribution in [3.05, 3.63) is 35.4 Å². The number of ether oxygens (including phenoxy) is 14. The summed E-state index contributed by atoms with van der Waals surface area (Å²) < 4.78 is 96.6. The Kier molecular flexibility index (Phi) is 12.8. The van der Waals surface area contributed by atoms with Crippen molar-refractivity contribution in [1.29, 1.82) is 0 Å².